The fourth-order valence-corrected chi connectivity index (χ4v) is 4.40. The topological polar surface area (TPSA) is 101 Å². The van der Waals surface area contributed by atoms with E-state index in [1.807, 2.05) is 6.07 Å². The number of nitrogens with zero attached hydrogens (tertiary/aromatic N) is 6. The number of aromatic nitrogens is 5. The molecule has 0 atom stereocenters. The van der Waals surface area contributed by atoms with Crippen molar-refractivity contribution >= 4 is 28.8 Å². The van der Waals surface area contributed by atoms with Crippen LogP contribution in [0.15, 0.2) is 12.3 Å². The van der Waals surface area contributed by atoms with Gasteiger partial charge in [-0.2, -0.15) is 32.3 Å². The average molecular weight is 506 g/mol. The van der Waals surface area contributed by atoms with Gasteiger partial charge in [-0.1, -0.05) is 16.8 Å². The van der Waals surface area contributed by atoms with E-state index in [1.54, 1.807) is 0 Å². The van der Waals surface area contributed by atoms with E-state index < -0.39 is 34.8 Å². The van der Waals surface area contributed by atoms with E-state index in [9.17, 15) is 26.7 Å². The molecule has 33 heavy (non-hydrogen) atoms. The molecule has 1 fully saturated rings. The normalized spacial score (nSPS) is 15.4. The van der Waals surface area contributed by atoms with Gasteiger partial charge in [0.25, 0.3) is 5.91 Å². The molecule has 174 valence electrons. The molecule has 15 heteroatoms. The zero-order valence-corrected chi connectivity index (χ0v) is 18.4. The Bertz CT molecular complexity index is 1300. The van der Waals surface area contributed by atoms with Crippen molar-refractivity contribution in [3.8, 4) is 22.5 Å². The first kappa shape index (κ1) is 23.1. The number of carbonyl (C=O) groups excluding carboxylic acids is 1. The van der Waals surface area contributed by atoms with E-state index in [2.05, 4.69) is 20.7 Å². The van der Waals surface area contributed by atoms with Crippen molar-refractivity contribution in [1.82, 2.24) is 30.1 Å². The van der Waals surface area contributed by atoms with Gasteiger partial charge in [0.1, 0.15) is 21.3 Å². The highest BCUT2D eigenvalue weighted by Gasteiger charge is 2.61. The van der Waals surface area contributed by atoms with Crippen LogP contribution in [0.4, 0.5) is 22.0 Å². The van der Waals surface area contributed by atoms with Crippen molar-refractivity contribution in [2.45, 2.75) is 37.4 Å². The minimum absolute atomic E-state index is 0.122. The maximum atomic E-state index is 13.9. The number of alkyl halides is 5. The summed E-state index contributed by atoms with van der Waals surface area (Å²) in [4.78, 5) is 12.9. The highest BCUT2D eigenvalue weighted by molar-refractivity contribution is 7.19. The lowest BCUT2D eigenvalue weighted by molar-refractivity contribution is -0.291. The Morgan fingerprint density at radius 1 is 1.33 bits per heavy atom. The summed E-state index contributed by atoms with van der Waals surface area (Å²) in [6.07, 6.45) is -3.44. The van der Waals surface area contributed by atoms with Gasteiger partial charge in [-0.3, -0.25) is 9.48 Å². The first-order chi connectivity index (χ1) is 15.3. The minimum Gasteiger partial charge on any atom is -0.334 e. The maximum Gasteiger partial charge on any atom is 0.459 e. The van der Waals surface area contributed by atoms with Crippen LogP contribution < -0.4 is 5.32 Å². The highest BCUT2D eigenvalue weighted by Crippen LogP contribution is 2.45. The van der Waals surface area contributed by atoms with Crippen LogP contribution in [0, 0.1) is 18.3 Å². The van der Waals surface area contributed by atoms with Crippen molar-refractivity contribution in [2.75, 3.05) is 0 Å². The van der Waals surface area contributed by atoms with Crippen molar-refractivity contribution in [1.29, 1.82) is 5.26 Å². The summed E-state index contributed by atoms with van der Waals surface area (Å²) in [5.41, 5.74) is -2.43. The summed E-state index contributed by atoms with van der Waals surface area (Å²) in [5.74, 6) is -5.82. The van der Waals surface area contributed by atoms with Crippen LogP contribution in [0.25, 0.3) is 16.4 Å². The number of carbonyl (C=O) groups is 1. The molecule has 1 amide bonds. The molecule has 1 N–H and O–H groups in total. The zero-order chi connectivity index (χ0) is 24.3. The van der Waals surface area contributed by atoms with E-state index in [1.165, 1.54) is 19.3 Å². The molecule has 8 nitrogen and oxygen atoms in total. The molecular formula is C18H13ClF5N7OS. The predicted molar refractivity (Wildman–Crippen MR) is 106 cm³/mol. The van der Waals surface area contributed by atoms with Crippen LogP contribution in [0.3, 0.4) is 0 Å². The molecule has 1 aliphatic carbocycles. The van der Waals surface area contributed by atoms with Gasteiger partial charge in [-0.05, 0) is 25.8 Å². The lowest BCUT2D eigenvalue weighted by Crippen LogP contribution is -2.35. The van der Waals surface area contributed by atoms with Gasteiger partial charge in [-0.25, -0.2) is 4.68 Å². The van der Waals surface area contributed by atoms with Gasteiger partial charge in [-0.15, -0.1) is 16.4 Å². The summed E-state index contributed by atoms with van der Waals surface area (Å²) in [5, 5.41) is 22.8. The highest BCUT2D eigenvalue weighted by atomic mass is 35.5. The Morgan fingerprint density at radius 3 is 2.58 bits per heavy atom. The Balaban J connectivity index is 1.65. The molecular weight excluding hydrogens is 493 g/mol. The lowest BCUT2D eigenvalue weighted by atomic mass is 10.1. The summed E-state index contributed by atoms with van der Waals surface area (Å²) >= 11 is 7.16. The molecule has 0 aromatic carbocycles. The summed E-state index contributed by atoms with van der Waals surface area (Å²) in [6.45, 7) is 1.08. The van der Waals surface area contributed by atoms with Gasteiger partial charge in [0.2, 0.25) is 0 Å². The van der Waals surface area contributed by atoms with Crippen LogP contribution >= 0.6 is 22.9 Å². The molecule has 3 heterocycles. The lowest BCUT2D eigenvalue weighted by Gasteiger charge is -2.17. The molecule has 0 aliphatic heterocycles. The van der Waals surface area contributed by atoms with Crippen molar-refractivity contribution in [2.24, 2.45) is 7.05 Å². The largest absolute Gasteiger partial charge is 0.459 e. The quantitative estimate of drug-likeness (QED) is 0.525. The molecule has 0 bridgehead atoms. The first-order valence-corrected chi connectivity index (χ1v) is 10.4. The maximum absolute atomic E-state index is 13.9. The number of rotatable bonds is 5. The van der Waals surface area contributed by atoms with E-state index >= 15 is 0 Å². The zero-order valence-electron chi connectivity index (χ0n) is 16.8. The average Bonchev–Trinajstić information content (AvgIpc) is 3.02. The number of hydrogen-bond acceptors (Lipinski definition) is 6. The molecule has 0 radical (unpaired) electrons. The summed E-state index contributed by atoms with van der Waals surface area (Å²) < 4.78 is 68.1. The number of halogens is 6. The fourth-order valence-electron chi connectivity index (χ4n) is 3.18. The van der Waals surface area contributed by atoms with Gasteiger partial charge < -0.3 is 5.32 Å². The number of nitriles is 1. The van der Waals surface area contributed by atoms with E-state index in [4.69, 9.17) is 16.9 Å². The van der Waals surface area contributed by atoms with Crippen LogP contribution in [0.1, 0.15) is 34.5 Å². The van der Waals surface area contributed by atoms with E-state index in [0.717, 1.165) is 27.6 Å². The van der Waals surface area contributed by atoms with Crippen molar-refractivity contribution in [3.63, 3.8) is 0 Å². The SMILES string of the molecule is Cc1c(C(F)(F)C(F)(F)F)nn(C)c1-n1cc(-c2cc(C(=O)NC3(C#N)CC3)c(Cl)s2)nn1. The van der Waals surface area contributed by atoms with Crippen molar-refractivity contribution in [3.05, 3.63) is 33.4 Å². The Kier molecular flexibility index (Phi) is 5.25. The number of hydrogen-bond donors (Lipinski definition) is 1. The summed E-state index contributed by atoms with van der Waals surface area (Å²) in [7, 11) is 1.20. The Morgan fingerprint density at radius 2 is 2.00 bits per heavy atom. The molecule has 0 spiro atoms. The molecule has 4 rings (SSSR count). The molecule has 1 aliphatic rings. The van der Waals surface area contributed by atoms with E-state index in [-0.39, 0.29) is 21.4 Å². The third-order valence-electron chi connectivity index (χ3n) is 5.11. The smallest absolute Gasteiger partial charge is 0.334 e. The van der Waals surface area contributed by atoms with Gasteiger partial charge >= 0.3 is 12.1 Å². The molecule has 3 aromatic rings. The fraction of sp³-hybridized carbons (Fsp3) is 0.389. The second-order valence-electron chi connectivity index (χ2n) is 7.49. The van der Waals surface area contributed by atoms with E-state index in [0.29, 0.717) is 17.7 Å². The third-order valence-corrected chi connectivity index (χ3v) is 6.49. The van der Waals surface area contributed by atoms with Crippen LogP contribution in [0.5, 0.6) is 0 Å². The summed E-state index contributed by atoms with van der Waals surface area (Å²) in [6, 6.07) is 3.47. The van der Waals surface area contributed by atoms with Crippen molar-refractivity contribution < 1.29 is 26.7 Å². The molecule has 1 saturated carbocycles. The Labute approximate surface area is 191 Å². The number of amides is 1. The van der Waals surface area contributed by atoms with Crippen LogP contribution in [-0.4, -0.2) is 42.4 Å². The van der Waals surface area contributed by atoms with Gasteiger partial charge in [0.05, 0.1) is 22.7 Å². The monoisotopic (exact) mass is 505 g/mol. The second kappa shape index (κ2) is 7.49. The number of thiophene rings is 1. The predicted octanol–water partition coefficient (Wildman–Crippen LogP) is 4.13. The minimum atomic E-state index is -5.81. The number of aryl methyl sites for hydroxylation is 1. The molecule has 0 unspecified atom stereocenters. The van der Waals surface area contributed by atoms with Gasteiger partial charge in [0, 0.05) is 12.6 Å². The number of nitrogens with one attached hydrogen (secondary N) is 1. The third kappa shape index (κ3) is 3.84. The Hall–Kier alpha value is -3.05. The van der Waals surface area contributed by atoms with Crippen LogP contribution in [0.2, 0.25) is 4.34 Å². The molecule has 3 aromatic heterocycles. The van der Waals surface area contributed by atoms with Gasteiger partial charge in [0.15, 0.2) is 5.82 Å². The standard InChI is InChI=1S/C18H13ClF5N7OS/c1-8-12(17(20,21)18(22,23)24)28-30(2)15(8)31-6-10(27-29-31)11-5-9(13(19)33-11)14(32)26-16(7-25)3-4-16/h5-6H,3-4H2,1-2H3,(H,26,32). The van der Waals surface area contributed by atoms with Crippen LogP contribution in [-0.2, 0) is 13.0 Å². The second-order valence-corrected chi connectivity index (χ2v) is 9.14. The molecule has 0 saturated heterocycles. The first-order valence-electron chi connectivity index (χ1n) is 9.24.